The molecule has 0 bridgehead atoms. The first-order chi connectivity index (χ1) is 31.5. The molecule has 0 aliphatic heterocycles. The van der Waals surface area contributed by atoms with Gasteiger partial charge in [0.05, 0.1) is 27.7 Å². The Morgan fingerprint density at radius 2 is 0.831 bits per heavy atom. The van der Waals surface area contributed by atoms with E-state index in [1.54, 1.807) is 0 Å². The van der Waals surface area contributed by atoms with Crippen LogP contribution < -0.4 is 4.89 Å². The lowest BCUT2D eigenvalue weighted by Crippen LogP contribution is -2.37. The van der Waals surface area contributed by atoms with Gasteiger partial charge in [-0.15, -0.1) is 0 Å². The van der Waals surface area contributed by atoms with Crippen LogP contribution in [0.3, 0.4) is 0 Å². The highest BCUT2D eigenvalue weighted by atomic mass is 31.2. The van der Waals surface area contributed by atoms with Crippen LogP contribution in [0.2, 0.25) is 0 Å². The zero-order valence-corrected chi connectivity index (χ0v) is 44.3. The summed E-state index contributed by atoms with van der Waals surface area (Å²) in [5.41, 5.74) is 0. The van der Waals surface area contributed by atoms with Gasteiger partial charge in [-0.2, -0.15) is 0 Å². The summed E-state index contributed by atoms with van der Waals surface area (Å²) in [4.78, 5) is 37.8. The summed E-state index contributed by atoms with van der Waals surface area (Å²) < 4.78 is 34.1. The number of esters is 2. The van der Waals surface area contributed by atoms with E-state index in [4.69, 9.17) is 18.5 Å². The SMILES string of the molecule is CCCCCC/C=C\C/C=C\CCCCCCCCCC(=O)OC(COC(=O)CCCCCCCCCCCCCCCCCCCCCCCCC)COP(=O)([O-])OCC[N+](C)(C)C. The van der Waals surface area contributed by atoms with Gasteiger partial charge >= 0.3 is 11.9 Å². The number of rotatable bonds is 51. The van der Waals surface area contributed by atoms with Crippen LogP contribution in [0.5, 0.6) is 0 Å². The van der Waals surface area contributed by atoms with Crippen molar-refractivity contribution < 1.29 is 42.1 Å². The van der Waals surface area contributed by atoms with Gasteiger partial charge in [0.25, 0.3) is 7.82 Å². The second-order valence-corrected chi connectivity index (χ2v) is 21.4. The normalized spacial score (nSPS) is 13.5. The Hall–Kier alpha value is -1.51. The second-order valence-electron chi connectivity index (χ2n) is 20.0. The molecule has 0 spiro atoms. The maximum Gasteiger partial charge on any atom is 0.306 e. The van der Waals surface area contributed by atoms with Gasteiger partial charge in [0.2, 0.25) is 0 Å². The highest BCUT2D eigenvalue weighted by Crippen LogP contribution is 2.38. The molecule has 0 heterocycles. The lowest BCUT2D eigenvalue weighted by atomic mass is 10.0. The molecule has 2 unspecified atom stereocenters. The molecular weight excluding hydrogens is 834 g/mol. The zero-order chi connectivity index (χ0) is 47.8. The third-order valence-electron chi connectivity index (χ3n) is 12.2. The fourth-order valence-electron chi connectivity index (χ4n) is 7.92. The van der Waals surface area contributed by atoms with E-state index >= 15 is 0 Å². The minimum Gasteiger partial charge on any atom is -0.756 e. The molecule has 0 radical (unpaired) electrons. The van der Waals surface area contributed by atoms with E-state index in [2.05, 4.69) is 38.2 Å². The Morgan fingerprint density at radius 3 is 1.23 bits per heavy atom. The van der Waals surface area contributed by atoms with E-state index in [9.17, 15) is 19.0 Å². The van der Waals surface area contributed by atoms with Crippen molar-refractivity contribution in [1.29, 1.82) is 0 Å². The standard InChI is InChI=1S/C55H106NO8P/c1-6-8-10-12-14-16-18-20-22-24-26-27-28-29-30-32-33-35-37-39-41-43-45-47-54(57)61-51-53(52-63-65(59,60)62-50-49-56(3,4)5)64-55(58)48-46-44-42-40-38-36-34-31-25-23-21-19-17-15-13-11-9-7-2/h17,19,23,25,53H,6-16,18,20-22,24,26-52H2,1-5H3/b19-17-,25-23-. The van der Waals surface area contributed by atoms with E-state index in [0.29, 0.717) is 17.4 Å². The predicted octanol–water partition coefficient (Wildman–Crippen LogP) is 16.0. The molecule has 0 N–H and O–H groups in total. The first-order valence-corrected chi connectivity index (χ1v) is 29.0. The molecule has 0 aromatic heterocycles. The molecule has 0 aromatic rings. The average Bonchev–Trinajstić information content (AvgIpc) is 3.26. The molecule has 0 aliphatic rings. The Morgan fingerprint density at radius 1 is 0.477 bits per heavy atom. The molecule has 10 heteroatoms. The van der Waals surface area contributed by atoms with Crippen molar-refractivity contribution in [2.75, 3.05) is 47.5 Å². The molecule has 65 heavy (non-hydrogen) atoms. The quantitative estimate of drug-likeness (QED) is 0.0195. The van der Waals surface area contributed by atoms with Crippen molar-refractivity contribution in [3.05, 3.63) is 24.3 Å². The van der Waals surface area contributed by atoms with Gasteiger partial charge in [0.15, 0.2) is 6.10 Å². The van der Waals surface area contributed by atoms with Crippen LogP contribution in [0.25, 0.3) is 0 Å². The van der Waals surface area contributed by atoms with E-state index in [1.165, 1.54) is 180 Å². The molecule has 0 aromatic carbocycles. The van der Waals surface area contributed by atoms with Gasteiger partial charge in [-0.1, -0.05) is 231 Å². The zero-order valence-electron chi connectivity index (χ0n) is 43.5. The maximum atomic E-state index is 12.8. The number of allylic oxidation sites excluding steroid dienone is 4. The lowest BCUT2D eigenvalue weighted by molar-refractivity contribution is -0.870. The van der Waals surface area contributed by atoms with Crippen LogP contribution in [0.4, 0.5) is 0 Å². The van der Waals surface area contributed by atoms with Crippen LogP contribution in [0, 0.1) is 0 Å². The van der Waals surface area contributed by atoms with Gasteiger partial charge < -0.3 is 27.9 Å². The first kappa shape index (κ1) is 63.5. The molecule has 9 nitrogen and oxygen atoms in total. The lowest BCUT2D eigenvalue weighted by Gasteiger charge is -2.28. The van der Waals surface area contributed by atoms with Crippen LogP contribution >= 0.6 is 7.82 Å². The van der Waals surface area contributed by atoms with Gasteiger partial charge in [0.1, 0.15) is 19.8 Å². The topological polar surface area (TPSA) is 111 Å². The molecule has 0 amide bonds. The van der Waals surface area contributed by atoms with E-state index in [0.717, 1.165) is 51.4 Å². The number of phosphoric acid groups is 1. The Bertz CT molecular complexity index is 1150. The van der Waals surface area contributed by atoms with Crippen molar-refractivity contribution >= 4 is 19.8 Å². The molecule has 0 aliphatic carbocycles. The molecule has 0 rings (SSSR count). The van der Waals surface area contributed by atoms with Gasteiger partial charge in [-0.05, 0) is 44.9 Å². The average molecular weight is 940 g/mol. The Kier molecular flexibility index (Phi) is 46.4. The summed E-state index contributed by atoms with van der Waals surface area (Å²) in [5.74, 6) is -0.829. The van der Waals surface area contributed by atoms with Crippen LogP contribution in [-0.4, -0.2) is 70.0 Å². The third-order valence-corrected chi connectivity index (χ3v) is 13.2. The smallest absolute Gasteiger partial charge is 0.306 e. The van der Waals surface area contributed by atoms with Gasteiger partial charge in [0, 0.05) is 12.8 Å². The molecule has 384 valence electrons. The highest BCUT2D eigenvalue weighted by molar-refractivity contribution is 7.45. The summed E-state index contributed by atoms with van der Waals surface area (Å²) in [5, 5.41) is 0. The summed E-state index contributed by atoms with van der Waals surface area (Å²) in [7, 11) is 1.17. The molecule has 0 fully saturated rings. The Labute approximate surface area is 402 Å². The van der Waals surface area contributed by atoms with Crippen LogP contribution in [-0.2, 0) is 32.7 Å². The van der Waals surface area contributed by atoms with Gasteiger partial charge in [-0.25, -0.2) is 0 Å². The van der Waals surface area contributed by atoms with Crippen molar-refractivity contribution in [2.24, 2.45) is 0 Å². The van der Waals surface area contributed by atoms with E-state index in [1.807, 2.05) is 21.1 Å². The minimum absolute atomic E-state index is 0.0303. The second kappa shape index (κ2) is 47.6. The van der Waals surface area contributed by atoms with Crippen molar-refractivity contribution in [3.63, 3.8) is 0 Å². The van der Waals surface area contributed by atoms with Crippen LogP contribution in [0.15, 0.2) is 24.3 Å². The fourth-order valence-corrected chi connectivity index (χ4v) is 8.65. The minimum atomic E-state index is -4.63. The van der Waals surface area contributed by atoms with Crippen molar-refractivity contribution in [3.8, 4) is 0 Å². The maximum absolute atomic E-state index is 12.8. The largest absolute Gasteiger partial charge is 0.756 e. The number of hydrogen-bond donors (Lipinski definition) is 0. The molecular formula is C55H106NO8P. The number of ether oxygens (including phenoxy) is 2. The molecule has 0 saturated heterocycles. The third kappa shape index (κ3) is 51.7. The molecule has 0 saturated carbocycles. The number of quaternary nitrogens is 1. The van der Waals surface area contributed by atoms with Crippen LogP contribution in [0.1, 0.15) is 264 Å². The van der Waals surface area contributed by atoms with Crippen molar-refractivity contribution in [1.82, 2.24) is 0 Å². The fraction of sp³-hybridized carbons (Fsp3) is 0.891. The first-order valence-electron chi connectivity index (χ1n) is 27.5. The van der Waals surface area contributed by atoms with E-state index in [-0.39, 0.29) is 32.0 Å². The van der Waals surface area contributed by atoms with Crippen molar-refractivity contribution in [2.45, 2.75) is 270 Å². The number of carbonyl (C=O) groups excluding carboxylic acids is 2. The number of carbonyl (C=O) groups is 2. The van der Waals surface area contributed by atoms with E-state index < -0.39 is 26.5 Å². The summed E-state index contributed by atoms with van der Waals surface area (Å²) in [6, 6.07) is 0. The number of nitrogens with zero attached hydrogens (tertiary/aromatic N) is 1. The summed E-state index contributed by atoms with van der Waals surface area (Å²) >= 11 is 0. The molecule has 2 atom stereocenters. The summed E-state index contributed by atoms with van der Waals surface area (Å²) in [6.45, 7) is 4.25. The highest BCUT2D eigenvalue weighted by Gasteiger charge is 2.21. The summed E-state index contributed by atoms with van der Waals surface area (Å²) in [6.07, 6.45) is 55.0. The van der Waals surface area contributed by atoms with Gasteiger partial charge in [-0.3, -0.25) is 14.2 Å². The number of unbranched alkanes of at least 4 members (excludes halogenated alkanes) is 33. The number of likely N-dealkylation sites (N-methyl/N-ethyl adjacent to an activating group) is 1. The number of phosphoric ester groups is 1. The number of hydrogen-bond acceptors (Lipinski definition) is 8. The monoisotopic (exact) mass is 940 g/mol. The predicted molar refractivity (Wildman–Crippen MR) is 273 cm³/mol. The Balaban J connectivity index is 4.16.